The molecule has 1 saturated heterocycles. The fourth-order valence-corrected chi connectivity index (χ4v) is 2.66. The predicted octanol–water partition coefficient (Wildman–Crippen LogP) is 2.48. The Balaban J connectivity index is 2.16. The second kappa shape index (κ2) is 6.02. The van der Waals surface area contributed by atoms with Crippen LogP contribution in [0.4, 0.5) is 11.4 Å². The molecule has 1 aliphatic rings. The Bertz CT molecular complexity index is 454. The average molecular weight is 263 g/mol. The molecule has 104 valence electrons. The Morgan fingerprint density at radius 3 is 2.84 bits per heavy atom. The van der Waals surface area contributed by atoms with Crippen LogP contribution in [0, 0.1) is 17.0 Å². The summed E-state index contributed by atoms with van der Waals surface area (Å²) >= 11 is 0. The summed E-state index contributed by atoms with van der Waals surface area (Å²) in [6, 6.07) is 5.88. The molecule has 1 aliphatic heterocycles. The van der Waals surface area contributed by atoms with E-state index in [1.807, 2.05) is 12.1 Å². The van der Waals surface area contributed by atoms with E-state index in [4.69, 9.17) is 0 Å². The summed E-state index contributed by atoms with van der Waals surface area (Å²) in [6.45, 7) is 3.93. The molecule has 1 heterocycles. The largest absolute Gasteiger partial charge is 0.372 e. The van der Waals surface area contributed by atoms with E-state index in [1.54, 1.807) is 13.0 Å². The molecule has 1 aromatic rings. The van der Waals surface area contributed by atoms with E-state index in [0.29, 0.717) is 6.04 Å². The van der Waals surface area contributed by atoms with Crippen LogP contribution in [-0.2, 0) is 0 Å². The molecule has 2 rings (SSSR count). The summed E-state index contributed by atoms with van der Waals surface area (Å²) in [6.07, 6.45) is 3.47. The zero-order chi connectivity index (χ0) is 13.8. The molecule has 0 spiro atoms. The Morgan fingerprint density at radius 2 is 2.16 bits per heavy atom. The highest BCUT2D eigenvalue weighted by molar-refractivity contribution is 5.55. The SMILES string of the molecule is Cc1cc(N(C)C2CCCNCC2)ccc1[N+](=O)[O-]. The minimum Gasteiger partial charge on any atom is -0.372 e. The van der Waals surface area contributed by atoms with Gasteiger partial charge in [-0.2, -0.15) is 0 Å². The van der Waals surface area contributed by atoms with Crippen LogP contribution >= 0.6 is 0 Å². The van der Waals surface area contributed by atoms with Gasteiger partial charge in [0, 0.05) is 30.4 Å². The van der Waals surface area contributed by atoms with Crippen LogP contribution in [0.15, 0.2) is 18.2 Å². The van der Waals surface area contributed by atoms with Crippen molar-refractivity contribution in [1.29, 1.82) is 0 Å². The van der Waals surface area contributed by atoms with Gasteiger partial charge in [-0.25, -0.2) is 0 Å². The highest BCUT2D eigenvalue weighted by Gasteiger charge is 2.19. The second-order valence-electron chi connectivity index (χ2n) is 5.17. The normalized spacial score (nSPS) is 19.8. The topological polar surface area (TPSA) is 58.4 Å². The van der Waals surface area contributed by atoms with Gasteiger partial charge in [0.2, 0.25) is 0 Å². The van der Waals surface area contributed by atoms with Gasteiger partial charge in [0.1, 0.15) is 0 Å². The molecule has 19 heavy (non-hydrogen) atoms. The number of anilines is 1. The van der Waals surface area contributed by atoms with Gasteiger partial charge in [0.25, 0.3) is 5.69 Å². The number of benzene rings is 1. The monoisotopic (exact) mass is 263 g/mol. The first-order valence-corrected chi connectivity index (χ1v) is 6.78. The van der Waals surface area contributed by atoms with Crippen molar-refractivity contribution in [2.75, 3.05) is 25.0 Å². The molecule has 5 heteroatoms. The van der Waals surface area contributed by atoms with Crippen LogP contribution < -0.4 is 10.2 Å². The van der Waals surface area contributed by atoms with Gasteiger partial charge in [0.15, 0.2) is 0 Å². The van der Waals surface area contributed by atoms with E-state index in [-0.39, 0.29) is 10.6 Å². The van der Waals surface area contributed by atoms with Crippen LogP contribution in [0.5, 0.6) is 0 Å². The average Bonchev–Trinajstić information content (AvgIpc) is 2.66. The van der Waals surface area contributed by atoms with Crippen molar-refractivity contribution in [3.63, 3.8) is 0 Å². The Morgan fingerprint density at radius 1 is 1.37 bits per heavy atom. The zero-order valence-electron chi connectivity index (χ0n) is 11.6. The lowest BCUT2D eigenvalue weighted by Crippen LogP contribution is -2.32. The van der Waals surface area contributed by atoms with Gasteiger partial charge in [-0.3, -0.25) is 10.1 Å². The van der Waals surface area contributed by atoms with Crippen molar-refractivity contribution < 1.29 is 4.92 Å². The van der Waals surface area contributed by atoms with Crippen LogP contribution in [0.1, 0.15) is 24.8 Å². The van der Waals surface area contributed by atoms with E-state index in [9.17, 15) is 10.1 Å². The zero-order valence-corrected chi connectivity index (χ0v) is 11.6. The van der Waals surface area contributed by atoms with Crippen LogP contribution in [0.25, 0.3) is 0 Å². The second-order valence-corrected chi connectivity index (χ2v) is 5.17. The third-order valence-corrected chi connectivity index (χ3v) is 3.88. The van der Waals surface area contributed by atoms with Gasteiger partial charge in [-0.1, -0.05) is 0 Å². The number of nitrogens with one attached hydrogen (secondary N) is 1. The maximum Gasteiger partial charge on any atom is 0.272 e. The van der Waals surface area contributed by atoms with Gasteiger partial charge in [0.05, 0.1) is 4.92 Å². The first kappa shape index (κ1) is 13.8. The third-order valence-electron chi connectivity index (χ3n) is 3.88. The van der Waals surface area contributed by atoms with Gasteiger partial charge >= 0.3 is 0 Å². The van der Waals surface area contributed by atoms with Crippen molar-refractivity contribution in [2.24, 2.45) is 0 Å². The van der Waals surface area contributed by atoms with Crippen LogP contribution in [0.3, 0.4) is 0 Å². The molecule has 1 atom stereocenters. The van der Waals surface area contributed by atoms with E-state index in [1.165, 1.54) is 12.8 Å². The quantitative estimate of drug-likeness (QED) is 0.672. The molecule has 5 nitrogen and oxygen atoms in total. The molecular formula is C14H21N3O2. The summed E-state index contributed by atoms with van der Waals surface area (Å²) < 4.78 is 0. The summed E-state index contributed by atoms with van der Waals surface area (Å²) in [7, 11) is 2.08. The smallest absolute Gasteiger partial charge is 0.272 e. The highest BCUT2D eigenvalue weighted by Crippen LogP contribution is 2.26. The lowest BCUT2D eigenvalue weighted by atomic mass is 10.1. The fraction of sp³-hybridized carbons (Fsp3) is 0.571. The summed E-state index contributed by atoms with van der Waals surface area (Å²) in [5.41, 5.74) is 1.98. The number of nitro benzene ring substituents is 1. The summed E-state index contributed by atoms with van der Waals surface area (Å²) in [4.78, 5) is 12.8. The number of aryl methyl sites for hydroxylation is 1. The maximum atomic E-state index is 10.8. The van der Waals surface area contributed by atoms with Crippen molar-refractivity contribution in [2.45, 2.75) is 32.2 Å². The lowest BCUT2D eigenvalue weighted by Gasteiger charge is -2.29. The van der Waals surface area contributed by atoms with E-state index in [0.717, 1.165) is 30.8 Å². The number of hydrogen-bond donors (Lipinski definition) is 1. The molecule has 0 bridgehead atoms. The minimum absolute atomic E-state index is 0.194. The van der Waals surface area contributed by atoms with Gasteiger partial charge < -0.3 is 10.2 Å². The Labute approximate surface area is 113 Å². The number of rotatable bonds is 3. The van der Waals surface area contributed by atoms with Crippen molar-refractivity contribution >= 4 is 11.4 Å². The van der Waals surface area contributed by atoms with Crippen LogP contribution in [0.2, 0.25) is 0 Å². The number of nitrogens with zero attached hydrogens (tertiary/aromatic N) is 2. The van der Waals surface area contributed by atoms with Crippen molar-refractivity contribution in [1.82, 2.24) is 5.32 Å². The molecular weight excluding hydrogens is 242 g/mol. The van der Waals surface area contributed by atoms with E-state index in [2.05, 4.69) is 17.3 Å². The van der Waals surface area contributed by atoms with Crippen molar-refractivity contribution in [3.05, 3.63) is 33.9 Å². The molecule has 0 aliphatic carbocycles. The fourth-order valence-electron chi connectivity index (χ4n) is 2.66. The third kappa shape index (κ3) is 3.23. The summed E-state index contributed by atoms with van der Waals surface area (Å²) in [5.74, 6) is 0. The Hall–Kier alpha value is -1.62. The number of hydrogen-bond acceptors (Lipinski definition) is 4. The molecule has 0 aromatic heterocycles. The molecule has 0 radical (unpaired) electrons. The van der Waals surface area contributed by atoms with E-state index >= 15 is 0 Å². The molecule has 0 amide bonds. The minimum atomic E-state index is -0.325. The first-order valence-electron chi connectivity index (χ1n) is 6.78. The molecule has 0 saturated carbocycles. The van der Waals surface area contributed by atoms with E-state index < -0.39 is 0 Å². The molecule has 1 fully saturated rings. The molecule has 1 N–H and O–H groups in total. The maximum absolute atomic E-state index is 10.8. The molecule has 1 unspecified atom stereocenters. The standard InChI is InChI=1S/C14H21N3O2/c1-11-10-13(5-6-14(11)17(18)19)16(2)12-4-3-8-15-9-7-12/h5-6,10,12,15H,3-4,7-9H2,1-2H3. The molecule has 1 aromatic carbocycles. The van der Waals surface area contributed by atoms with Crippen molar-refractivity contribution in [3.8, 4) is 0 Å². The first-order chi connectivity index (χ1) is 9.09. The number of nitro groups is 1. The van der Waals surface area contributed by atoms with Crippen LogP contribution in [-0.4, -0.2) is 31.1 Å². The Kier molecular flexibility index (Phi) is 4.37. The lowest BCUT2D eigenvalue weighted by molar-refractivity contribution is -0.385. The van der Waals surface area contributed by atoms with Gasteiger partial charge in [-0.05, 0) is 51.4 Å². The highest BCUT2D eigenvalue weighted by atomic mass is 16.6. The summed E-state index contributed by atoms with van der Waals surface area (Å²) in [5, 5.41) is 14.2. The van der Waals surface area contributed by atoms with Gasteiger partial charge in [-0.15, -0.1) is 0 Å². The predicted molar refractivity (Wildman–Crippen MR) is 76.7 cm³/mol.